The molecular weight excluding hydrogens is 258 g/mol. The van der Waals surface area contributed by atoms with Gasteiger partial charge in [-0.2, -0.15) is 4.31 Å². The first-order chi connectivity index (χ1) is 8.43. The summed E-state index contributed by atoms with van der Waals surface area (Å²) in [6.07, 6.45) is 2.50. The molecule has 0 saturated carbocycles. The number of pyridine rings is 1. The summed E-state index contributed by atoms with van der Waals surface area (Å²) in [5.41, 5.74) is -0.583. The Balaban J connectivity index is 2.36. The van der Waals surface area contributed by atoms with E-state index in [4.69, 9.17) is 0 Å². The number of hydrogen-bond donors (Lipinski definition) is 1. The van der Waals surface area contributed by atoms with E-state index in [2.05, 4.69) is 4.98 Å². The largest absolute Gasteiger partial charge is 0.366 e. The molecule has 0 radical (unpaired) electrons. The molecule has 1 aromatic heterocycles. The fourth-order valence-electron chi connectivity index (χ4n) is 1.68. The number of sulfonamides is 1. The van der Waals surface area contributed by atoms with Crippen molar-refractivity contribution in [1.29, 1.82) is 0 Å². The van der Waals surface area contributed by atoms with Gasteiger partial charge in [0.25, 0.3) is 0 Å². The third-order valence-corrected chi connectivity index (χ3v) is 4.69. The standard InChI is InChI=1S/C10H13N3O4S/c1-12-4-5-13(7-10(12)15)18(16,17)9-6-11-3-2-8(9)14/h2-3,6H,4-5,7H2,1H3,(H,11,14). The lowest BCUT2D eigenvalue weighted by atomic mass is 10.4. The molecule has 0 aromatic carbocycles. The molecule has 0 aliphatic carbocycles. The van der Waals surface area contributed by atoms with Crippen LogP contribution in [-0.4, -0.2) is 55.2 Å². The Morgan fingerprint density at radius 3 is 2.61 bits per heavy atom. The van der Waals surface area contributed by atoms with Crippen LogP contribution < -0.4 is 5.43 Å². The highest BCUT2D eigenvalue weighted by molar-refractivity contribution is 7.89. The Bertz CT molecular complexity index is 622. The van der Waals surface area contributed by atoms with Gasteiger partial charge in [-0.15, -0.1) is 0 Å². The predicted molar refractivity (Wildman–Crippen MR) is 63.5 cm³/mol. The molecule has 1 aliphatic rings. The van der Waals surface area contributed by atoms with Gasteiger partial charge < -0.3 is 9.88 Å². The van der Waals surface area contributed by atoms with Crippen LogP contribution in [0.3, 0.4) is 0 Å². The molecule has 1 aliphatic heterocycles. The molecule has 1 amide bonds. The van der Waals surface area contributed by atoms with Crippen LogP contribution in [0, 0.1) is 0 Å². The van der Waals surface area contributed by atoms with E-state index in [-0.39, 0.29) is 23.9 Å². The SMILES string of the molecule is CN1CCN(S(=O)(=O)c2c[nH]ccc2=O)CC1=O. The number of hydrogen-bond acceptors (Lipinski definition) is 4. The molecule has 18 heavy (non-hydrogen) atoms. The molecule has 0 bridgehead atoms. The molecule has 0 unspecified atom stereocenters. The second-order valence-corrected chi connectivity index (χ2v) is 5.93. The van der Waals surface area contributed by atoms with Gasteiger partial charge in [-0.25, -0.2) is 8.42 Å². The average Bonchev–Trinajstić information content (AvgIpc) is 2.33. The van der Waals surface area contributed by atoms with E-state index in [9.17, 15) is 18.0 Å². The maximum atomic E-state index is 12.2. The van der Waals surface area contributed by atoms with Crippen LogP contribution in [0.15, 0.2) is 28.2 Å². The predicted octanol–water partition coefficient (Wildman–Crippen LogP) is -1.16. The molecule has 7 nitrogen and oxygen atoms in total. The van der Waals surface area contributed by atoms with Crippen LogP contribution in [0.5, 0.6) is 0 Å². The van der Waals surface area contributed by atoms with Gasteiger partial charge in [-0.05, 0) is 0 Å². The molecule has 8 heteroatoms. The number of nitrogens with zero attached hydrogens (tertiary/aromatic N) is 2. The summed E-state index contributed by atoms with van der Waals surface area (Å²) >= 11 is 0. The first-order valence-electron chi connectivity index (χ1n) is 5.34. The van der Waals surface area contributed by atoms with Crippen molar-refractivity contribution in [2.45, 2.75) is 4.90 Å². The van der Waals surface area contributed by atoms with Gasteiger partial charge in [0.05, 0.1) is 6.54 Å². The van der Waals surface area contributed by atoms with Crippen molar-refractivity contribution in [2.75, 3.05) is 26.7 Å². The van der Waals surface area contributed by atoms with Gasteiger partial charge in [0.1, 0.15) is 4.90 Å². The Morgan fingerprint density at radius 1 is 1.28 bits per heavy atom. The summed E-state index contributed by atoms with van der Waals surface area (Å²) < 4.78 is 25.4. The Labute approximate surface area is 104 Å². The van der Waals surface area contributed by atoms with Crippen LogP contribution in [0.4, 0.5) is 0 Å². The number of H-pyrrole nitrogens is 1. The Morgan fingerprint density at radius 2 is 2.00 bits per heavy atom. The number of piperazine rings is 1. The number of carbonyl (C=O) groups excluding carboxylic acids is 1. The number of likely N-dealkylation sites (N-methyl/N-ethyl adjacent to an activating group) is 1. The average molecular weight is 271 g/mol. The molecule has 0 spiro atoms. The van der Waals surface area contributed by atoms with Gasteiger partial charge in [0.2, 0.25) is 21.4 Å². The van der Waals surface area contributed by atoms with E-state index in [0.29, 0.717) is 6.54 Å². The lowest BCUT2D eigenvalue weighted by Gasteiger charge is -2.30. The molecule has 98 valence electrons. The highest BCUT2D eigenvalue weighted by atomic mass is 32.2. The number of aromatic nitrogens is 1. The monoisotopic (exact) mass is 271 g/mol. The number of amides is 1. The van der Waals surface area contributed by atoms with E-state index in [1.165, 1.54) is 11.1 Å². The van der Waals surface area contributed by atoms with Crippen molar-refractivity contribution >= 4 is 15.9 Å². The minimum absolute atomic E-state index is 0.193. The van der Waals surface area contributed by atoms with Gasteiger partial charge in [0, 0.05) is 38.6 Å². The summed E-state index contributed by atoms with van der Waals surface area (Å²) in [6.45, 7) is 0.287. The lowest BCUT2D eigenvalue weighted by molar-refractivity contribution is -0.132. The second kappa shape index (κ2) is 4.54. The third-order valence-electron chi connectivity index (χ3n) is 2.83. The Hall–Kier alpha value is -1.67. The highest BCUT2D eigenvalue weighted by Crippen LogP contribution is 2.13. The molecule has 2 heterocycles. The molecule has 1 fully saturated rings. The topological polar surface area (TPSA) is 90.6 Å². The first-order valence-corrected chi connectivity index (χ1v) is 6.78. The van der Waals surface area contributed by atoms with Crippen molar-refractivity contribution in [2.24, 2.45) is 0 Å². The number of aromatic amines is 1. The number of carbonyl (C=O) groups is 1. The van der Waals surface area contributed by atoms with Crippen LogP contribution in [0.2, 0.25) is 0 Å². The third kappa shape index (κ3) is 2.16. The molecular formula is C10H13N3O4S. The lowest BCUT2D eigenvalue weighted by Crippen LogP contribution is -2.51. The maximum Gasteiger partial charge on any atom is 0.248 e. The summed E-state index contributed by atoms with van der Waals surface area (Å²) in [5.74, 6) is -0.280. The van der Waals surface area contributed by atoms with Crippen molar-refractivity contribution in [3.8, 4) is 0 Å². The van der Waals surface area contributed by atoms with E-state index >= 15 is 0 Å². The van der Waals surface area contributed by atoms with Gasteiger partial charge in [-0.1, -0.05) is 0 Å². The van der Waals surface area contributed by atoms with E-state index < -0.39 is 15.5 Å². The Kier molecular flexibility index (Phi) is 3.22. The van der Waals surface area contributed by atoms with E-state index in [1.807, 2.05) is 0 Å². The molecule has 1 N–H and O–H groups in total. The normalized spacial score (nSPS) is 18.1. The fraction of sp³-hybridized carbons (Fsp3) is 0.400. The molecule has 2 rings (SSSR count). The highest BCUT2D eigenvalue weighted by Gasteiger charge is 2.32. The summed E-state index contributed by atoms with van der Waals surface area (Å²) in [6, 6.07) is 1.14. The van der Waals surface area contributed by atoms with E-state index in [0.717, 1.165) is 16.6 Å². The summed E-state index contributed by atoms with van der Waals surface area (Å²) in [4.78, 5) is 26.7. The van der Waals surface area contributed by atoms with Crippen molar-refractivity contribution in [3.63, 3.8) is 0 Å². The van der Waals surface area contributed by atoms with Gasteiger partial charge >= 0.3 is 0 Å². The van der Waals surface area contributed by atoms with Gasteiger partial charge in [-0.3, -0.25) is 9.59 Å². The zero-order chi connectivity index (χ0) is 13.3. The molecule has 0 atom stereocenters. The zero-order valence-corrected chi connectivity index (χ0v) is 10.6. The van der Waals surface area contributed by atoms with E-state index in [1.54, 1.807) is 7.05 Å². The first kappa shape index (κ1) is 12.8. The van der Waals surface area contributed by atoms with Crippen molar-refractivity contribution in [3.05, 3.63) is 28.7 Å². The smallest absolute Gasteiger partial charge is 0.248 e. The van der Waals surface area contributed by atoms with Crippen LogP contribution in [-0.2, 0) is 14.8 Å². The molecule has 1 saturated heterocycles. The van der Waals surface area contributed by atoms with Crippen LogP contribution in [0.1, 0.15) is 0 Å². The van der Waals surface area contributed by atoms with Crippen LogP contribution in [0.25, 0.3) is 0 Å². The fourth-order valence-corrected chi connectivity index (χ4v) is 3.10. The van der Waals surface area contributed by atoms with Crippen LogP contribution >= 0.6 is 0 Å². The quantitative estimate of drug-likeness (QED) is 0.734. The number of nitrogens with one attached hydrogen (secondary N) is 1. The van der Waals surface area contributed by atoms with Crippen molar-refractivity contribution in [1.82, 2.24) is 14.2 Å². The minimum atomic E-state index is -3.91. The van der Waals surface area contributed by atoms with Crippen molar-refractivity contribution < 1.29 is 13.2 Å². The molecule has 1 aromatic rings. The minimum Gasteiger partial charge on any atom is -0.366 e. The number of rotatable bonds is 2. The maximum absolute atomic E-state index is 12.2. The summed E-state index contributed by atoms with van der Waals surface area (Å²) in [7, 11) is -2.29. The summed E-state index contributed by atoms with van der Waals surface area (Å²) in [5, 5.41) is 0. The zero-order valence-electron chi connectivity index (χ0n) is 9.79. The second-order valence-electron chi connectivity index (χ2n) is 4.03. The van der Waals surface area contributed by atoms with Gasteiger partial charge in [0.15, 0.2) is 0 Å².